The maximum absolute atomic E-state index is 12.7. The van der Waals surface area contributed by atoms with Gasteiger partial charge < -0.3 is 9.64 Å². The topological polar surface area (TPSA) is 63.5 Å². The van der Waals surface area contributed by atoms with Gasteiger partial charge in [-0.15, -0.1) is 0 Å². The van der Waals surface area contributed by atoms with Gasteiger partial charge in [0.15, 0.2) is 6.10 Å². The third-order valence-electron chi connectivity index (χ3n) is 4.36. The minimum absolute atomic E-state index is 0.0413. The first-order valence-electron chi connectivity index (χ1n) is 8.19. The summed E-state index contributed by atoms with van der Waals surface area (Å²) < 4.78 is 7.28. The lowest BCUT2D eigenvalue weighted by Crippen LogP contribution is -2.50. The van der Waals surface area contributed by atoms with Crippen LogP contribution in [0, 0.1) is 0 Å². The fourth-order valence-corrected chi connectivity index (χ4v) is 2.96. The summed E-state index contributed by atoms with van der Waals surface area (Å²) in [4.78, 5) is 20.9. The molecule has 7 nitrogen and oxygen atoms in total. The zero-order valence-corrected chi connectivity index (χ0v) is 13.9. The van der Waals surface area contributed by atoms with Crippen molar-refractivity contribution in [3.05, 3.63) is 48.5 Å². The molecule has 2 heterocycles. The molecule has 1 aliphatic heterocycles. The van der Waals surface area contributed by atoms with Crippen molar-refractivity contribution in [3.63, 3.8) is 0 Å². The van der Waals surface area contributed by atoms with E-state index in [4.69, 9.17) is 4.74 Å². The molecule has 1 saturated heterocycles. The van der Waals surface area contributed by atoms with Crippen molar-refractivity contribution in [1.29, 1.82) is 0 Å². The van der Waals surface area contributed by atoms with E-state index in [1.165, 1.54) is 0 Å². The second-order valence-electron chi connectivity index (χ2n) is 5.85. The third-order valence-corrected chi connectivity index (χ3v) is 4.36. The number of benzene rings is 1. The monoisotopic (exact) mass is 329 g/mol. The second kappa shape index (κ2) is 8.03. The Kier molecular flexibility index (Phi) is 5.55. The molecular formula is C17H23N5O2. The Morgan fingerprint density at radius 1 is 1.17 bits per heavy atom. The number of amides is 1. The molecule has 7 heteroatoms. The number of nitrogens with zero attached hydrogens (tertiary/aromatic N) is 5. The summed E-state index contributed by atoms with van der Waals surface area (Å²) in [6.45, 7) is 4.92. The Labute approximate surface area is 141 Å². The lowest BCUT2D eigenvalue weighted by molar-refractivity contribution is -0.144. The van der Waals surface area contributed by atoms with Gasteiger partial charge >= 0.3 is 0 Å². The predicted octanol–water partition coefficient (Wildman–Crippen LogP) is 0.810. The largest absolute Gasteiger partial charge is 0.367 e. The van der Waals surface area contributed by atoms with E-state index in [0.717, 1.165) is 44.8 Å². The number of ether oxygens (including phenoxy) is 1. The van der Waals surface area contributed by atoms with E-state index in [1.807, 2.05) is 39.9 Å². The fourth-order valence-electron chi connectivity index (χ4n) is 2.96. The Morgan fingerprint density at radius 2 is 1.92 bits per heavy atom. The van der Waals surface area contributed by atoms with Crippen LogP contribution in [-0.2, 0) is 16.1 Å². The Hall–Kier alpha value is -2.25. The molecule has 1 amide bonds. The first-order valence-corrected chi connectivity index (χ1v) is 8.19. The molecule has 0 N–H and O–H groups in total. The van der Waals surface area contributed by atoms with Gasteiger partial charge in [-0.3, -0.25) is 14.4 Å². The standard InChI is InChI=1S/C17H23N5O2/c1-24-16(15-5-3-2-4-6-15)17(23)21-10-7-20(8-11-21)9-12-22-14-18-13-19-22/h2-6,13-14,16H,7-12H2,1H3/t16-/m0/s1. The van der Waals surface area contributed by atoms with Gasteiger partial charge in [-0.1, -0.05) is 30.3 Å². The Morgan fingerprint density at radius 3 is 2.54 bits per heavy atom. The van der Waals surface area contributed by atoms with E-state index in [0.29, 0.717) is 0 Å². The predicted molar refractivity (Wildman–Crippen MR) is 89.2 cm³/mol. The normalized spacial score (nSPS) is 17.0. The molecule has 1 aromatic heterocycles. The quantitative estimate of drug-likeness (QED) is 0.785. The number of aromatic nitrogens is 3. The van der Waals surface area contributed by atoms with Crippen molar-refractivity contribution in [2.75, 3.05) is 39.8 Å². The molecule has 0 spiro atoms. The molecule has 1 aliphatic rings. The van der Waals surface area contributed by atoms with Crippen LogP contribution in [0.1, 0.15) is 11.7 Å². The van der Waals surface area contributed by atoms with Crippen molar-refractivity contribution in [1.82, 2.24) is 24.6 Å². The van der Waals surface area contributed by atoms with Gasteiger partial charge in [-0.05, 0) is 5.56 Å². The highest BCUT2D eigenvalue weighted by atomic mass is 16.5. The average molecular weight is 329 g/mol. The first kappa shape index (κ1) is 16.6. The van der Waals surface area contributed by atoms with Gasteiger partial charge in [0, 0.05) is 39.8 Å². The highest BCUT2D eigenvalue weighted by molar-refractivity contribution is 5.82. The fraction of sp³-hybridized carbons (Fsp3) is 0.471. The highest BCUT2D eigenvalue weighted by Gasteiger charge is 2.28. The number of piperazine rings is 1. The molecule has 0 bridgehead atoms. The summed E-state index contributed by atoms with van der Waals surface area (Å²) >= 11 is 0. The van der Waals surface area contributed by atoms with Gasteiger partial charge in [0.2, 0.25) is 0 Å². The number of carbonyl (C=O) groups excluding carboxylic acids is 1. The zero-order valence-electron chi connectivity index (χ0n) is 13.9. The van der Waals surface area contributed by atoms with E-state index in [1.54, 1.807) is 19.8 Å². The molecule has 1 atom stereocenters. The van der Waals surface area contributed by atoms with Crippen LogP contribution in [-0.4, -0.2) is 70.3 Å². The van der Waals surface area contributed by atoms with Crippen LogP contribution < -0.4 is 0 Å². The Bertz CT molecular complexity index is 624. The van der Waals surface area contributed by atoms with Crippen LogP contribution in [0.25, 0.3) is 0 Å². The van der Waals surface area contributed by atoms with Crippen molar-refractivity contribution in [2.24, 2.45) is 0 Å². The maximum Gasteiger partial charge on any atom is 0.256 e. The summed E-state index contributed by atoms with van der Waals surface area (Å²) in [6, 6.07) is 9.66. The molecule has 128 valence electrons. The number of hydrogen-bond acceptors (Lipinski definition) is 5. The molecule has 0 unspecified atom stereocenters. The van der Waals surface area contributed by atoms with Crippen LogP contribution in [0.15, 0.2) is 43.0 Å². The van der Waals surface area contributed by atoms with Crippen LogP contribution in [0.2, 0.25) is 0 Å². The summed E-state index contributed by atoms with van der Waals surface area (Å²) in [5.41, 5.74) is 0.901. The minimum Gasteiger partial charge on any atom is -0.367 e. The highest BCUT2D eigenvalue weighted by Crippen LogP contribution is 2.20. The molecular weight excluding hydrogens is 306 g/mol. The average Bonchev–Trinajstić information content (AvgIpc) is 3.15. The minimum atomic E-state index is -0.520. The molecule has 1 fully saturated rings. The Balaban J connectivity index is 1.51. The van der Waals surface area contributed by atoms with Crippen molar-refractivity contribution < 1.29 is 9.53 Å². The lowest BCUT2D eigenvalue weighted by Gasteiger charge is -2.36. The SMILES string of the molecule is CO[C@H](C(=O)N1CCN(CCn2cncn2)CC1)c1ccccc1. The van der Waals surface area contributed by atoms with Crippen LogP contribution in [0.5, 0.6) is 0 Å². The van der Waals surface area contributed by atoms with Gasteiger partial charge in [0.05, 0.1) is 6.54 Å². The molecule has 2 aromatic rings. The molecule has 1 aromatic carbocycles. The zero-order chi connectivity index (χ0) is 16.8. The summed E-state index contributed by atoms with van der Waals surface area (Å²) in [5.74, 6) is 0.0413. The van der Waals surface area contributed by atoms with Crippen LogP contribution in [0.4, 0.5) is 0 Å². The van der Waals surface area contributed by atoms with E-state index in [2.05, 4.69) is 15.0 Å². The van der Waals surface area contributed by atoms with Gasteiger partial charge in [0.1, 0.15) is 12.7 Å². The van der Waals surface area contributed by atoms with E-state index in [9.17, 15) is 4.79 Å². The van der Waals surface area contributed by atoms with Gasteiger partial charge in [-0.2, -0.15) is 5.10 Å². The smallest absolute Gasteiger partial charge is 0.256 e. The number of hydrogen-bond donors (Lipinski definition) is 0. The number of rotatable bonds is 6. The van der Waals surface area contributed by atoms with Crippen molar-refractivity contribution in [3.8, 4) is 0 Å². The van der Waals surface area contributed by atoms with Crippen LogP contribution >= 0.6 is 0 Å². The number of methoxy groups -OCH3 is 1. The van der Waals surface area contributed by atoms with Crippen molar-refractivity contribution >= 4 is 5.91 Å². The van der Waals surface area contributed by atoms with Crippen molar-refractivity contribution in [2.45, 2.75) is 12.6 Å². The molecule has 3 rings (SSSR count). The lowest BCUT2D eigenvalue weighted by atomic mass is 10.1. The first-order chi connectivity index (χ1) is 11.8. The number of carbonyl (C=O) groups is 1. The second-order valence-corrected chi connectivity index (χ2v) is 5.85. The molecule has 0 radical (unpaired) electrons. The molecule has 0 aliphatic carbocycles. The summed E-state index contributed by atoms with van der Waals surface area (Å²) in [5, 5.41) is 4.11. The molecule has 0 saturated carbocycles. The molecule has 24 heavy (non-hydrogen) atoms. The summed E-state index contributed by atoms with van der Waals surface area (Å²) in [6.07, 6.45) is 2.75. The van der Waals surface area contributed by atoms with Gasteiger partial charge in [0.25, 0.3) is 5.91 Å². The van der Waals surface area contributed by atoms with E-state index in [-0.39, 0.29) is 5.91 Å². The maximum atomic E-state index is 12.7. The van der Waals surface area contributed by atoms with Crippen LogP contribution in [0.3, 0.4) is 0 Å². The third kappa shape index (κ3) is 3.98. The van der Waals surface area contributed by atoms with E-state index < -0.39 is 6.10 Å². The summed E-state index contributed by atoms with van der Waals surface area (Å²) in [7, 11) is 1.59. The van der Waals surface area contributed by atoms with Gasteiger partial charge in [-0.25, -0.2) is 4.98 Å². The van der Waals surface area contributed by atoms with E-state index >= 15 is 0 Å².